The van der Waals surface area contributed by atoms with Crippen molar-refractivity contribution in [3.05, 3.63) is 43.5 Å². The molecule has 0 radical (unpaired) electrons. The van der Waals surface area contributed by atoms with Crippen LogP contribution < -0.4 is 10.9 Å². The summed E-state index contributed by atoms with van der Waals surface area (Å²) in [7, 11) is 0. The third-order valence-corrected chi connectivity index (χ3v) is 4.23. The molecule has 0 saturated carbocycles. The summed E-state index contributed by atoms with van der Waals surface area (Å²) in [6.45, 7) is 6.50. The zero-order valence-corrected chi connectivity index (χ0v) is 12.7. The third kappa shape index (κ3) is 2.98. The number of nitrogens with zero attached hydrogens (tertiary/aromatic N) is 2. The lowest BCUT2D eigenvalue weighted by Crippen LogP contribution is -2.25. The van der Waals surface area contributed by atoms with Crippen LogP contribution in [0.3, 0.4) is 0 Å². The van der Waals surface area contributed by atoms with Gasteiger partial charge in [-0.05, 0) is 37.8 Å². The fraction of sp³-hybridized carbons (Fsp3) is 0.385. The zero-order chi connectivity index (χ0) is 14.0. The van der Waals surface area contributed by atoms with Gasteiger partial charge in [0.1, 0.15) is 5.02 Å². The molecule has 4 nitrogen and oxygen atoms in total. The van der Waals surface area contributed by atoms with Gasteiger partial charge in [0, 0.05) is 11.4 Å². The van der Waals surface area contributed by atoms with E-state index >= 15 is 0 Å². The normalized spacial score (nSPS) is 11.0. The predicted molar refractivity (Wildman–Crippen MR) is 80.3 cm³/mol. The minimum atomic E-state index is -0.260. The first-order chi connectivity index (χ1) is 9.00. The number of anilines is 1. The van der Waals surface area contributed by atoms with Crippen molar-refractivity contribution in [1.29, 1.82) is 0 Å². The van der Waals surface area contributed by atoms with Gasteiger partial charge in [-0.25, -0.2) is 4.68 Å². The lowest BCUT2D eigenvalue weighted by Gasteiger charge is -2.12. The van der Waals surface area contributed by atoms with Gasteiger partial charge in [0.25, 0.3) is 5.56 Å². The average Bonchev–Trinajstić information content (AvgIpc) is 2.76. The van der Waals surface area contributed by atoms with E-state index in [0.717, 1.165) is 0 Å². The molecule has 0 aromatic carbocycles. The van der Waals surface area contributed by atoms with Crippen molar-refractivity contribution in [2.45, 2.75) is 33.4 Å². The van der Waals surface area contributed by atoms with Gasteiger partial charge in [-0.3, -0.25) is 4.79 Å². The number of nitrogens with one attached hydrogen (secondary N) is 1. The maximum atomic E-state index is 12.0. The van der Waals surface area contributed by atoms with E-state index in [4.69, 9.17) is 11.6 Å². The highest BCUT2D eigenvalue weighted by molar-refractivity contribution is 7.10. The highest BCUT2D eigenvalue weighted by Gasteiger charge is 2.11. The molecule has 2 aromatic heterocycles. The first-order valence-electron chi connectivity index (χ1n) is 6.05. The molecule has 2 heterocycles. The highest BCUT2D eigenvalue weighted by Crippen LogP contribution is 2.20. The Labute approximate surface area is 121 Å². The number of hydrogen-bond acceptors (Lipinski definition) is 4. The lowest BCUT2D eigenvalue weighted by atomic mass is 10.3. The van der Waals surface area contributed by atoms with Crippen LogP contribution in [0.25, 0.3) is 0 Å². The van der Waals surface area contributed by atoms with Crippen LogP contribution in [0.4, 0.5) is 5.69 Å². The van der Waals surface area contributed by atoms with E-state index in [-0.39, 0.29) is 16.6 Å². The van der Waals surface area contributed by atoms with Gasteiger partial charge < -0.3 is 5.32 Å². The van der Waals surface area contributed by atoms with Crippen molar-refractivity contribution in [3.63, 3.8) is 0 Å². The molecule has 0 fully saturated rings. The summed E-state index contributed by atoms with van der Waals surface area (Å²) in [6.07, 6.45) is 1.60. The van der Waals surface area contributed by atoms with Crippen molar-refractivity contribution < 1.29 is 0 Å². The summed E-state index contributed by atoms with van der Waals surface area (Å²) >= 11 is 7.77. The molecule has 102 valence electrons. The summed E-state index contributed by atoms with van der Waals surface area (Å²) < 4.78 is 1.38. The van der Waals surface area contributed by atoms with Crippen LogP contribution >= 0.6 is 22.9 Å². The standard InChI is InChI=1S/C13H16ClN3OS/c1-8(2)17-13(18)12(14)10(6-16-17)15-7-11-9(3)4-5-19-11/h4-6,8,15H,7H2,1-3H3. The summed E-state index contributed by atoms with van der Waals surface area (Å²) in [5.74, 6) is 0. The van der Waals surface area contributed by atoms with Crippen molar-refractivity contribution in [2.24, 2.45) is 0 Å². The second-order valence-electron chi connectivity index (χ2n) is 4.60. The molecule has 0 atom stereocenters. The molecule has 6 heteroatoms. The number of halogens is 1. The Hall–Kier alpha value is -1.33. The Bertz CT molecular complexity index is 633. The van der Waals surface area contributed by atoms with E-state index in [1.165, 1.54) is 15.1 Å². The molecule has 0 spiro atoms. The van der Waals surface area contributed by atoms with E-state index in [0.29, 0.717) is 12.2 Å². The highest BCUT2D eigenvalue weighted by atomic mass is 35.5. The smallest absolute Gasteiger partial charge is 0.287 e. The minimum Gasteiger partial charge on any atom is -0.377 e. The molecule has 19 heavy (non-hydrogen) atoms. The molecule has 1 N–H and O–H groups in total. The maximum Gasteiger partial charge on any atom is 0.287 e. The van der Waals surface area contributed by atoms with E-state index in [2.05, 4.69) is 23.4 Å². The Morgan fingerprint density at radius 1 is 1.53 bits per heavy atom. The fourth-order valence-electron chi connectivity index (χ4n) is 1.70. The first-order valence-corrected chi connectivity index (χ1v) is 7.30. The Morgan fingerprint density at radius 3 is 2.84 bits per heavy atom. The van der Waals surface area contributed by atoms with Crippen molar-refractivity contribution >= 4 is 28.6 Å². The fourth-order valence-corrected chi connectivity index (χ4v) is 2.74. The van der Waals surface area contributed by atoms with Crippen molar-refractivity contribution in [3.8, 4) is 0 Å². The number of aryl methyl sites for hydroxylation is 1. The summed E-state index contributed by atoms with van der Waals surface area (Å²) in [6, 6.07) is 2.07. The number of rotatable bonds is 4. The maximum absolute atomic E-state index is 12.0. The van der Waals surface area contributed by atoms with Gasteiger partial charge in [-0.1, -0.05) is 11.6 Å². The molecule has 0 aliphatic heterocycles. The lowest BCUT2D eigenvalue weighted by molar-refractivity contribution is 0.503. The van der Waals surface area contributed by atoms with E-state index in [9.17, 15) is 4.79 Å². The monoisotopic (exact) mass is 297 g/mol. The summed E-state index contributed by atoms with van der Waals surface area (Å²) in [5, 5.41) is 9.52. The van der Waals surface area contributed by atoms with Crippen LogP contribution in [-0.2, 0) is 6.54 Å². The van der Waals surface area contributed by atoms with Crippen LogP contribution in [0.5, 0.6) is 0 Å². The van der Waals surface area contributed by atoms with E-state index in [1.54, 1.807) is 17.5 Å². The van der Waals surface area contributed by atoms with Crippen LogP contribution in [0.1, 0.15) is 30.3 Å². The zero-order valence-electron chi connectivity index (χ0n) is 11.1. The first kappa shape index (κ1) is 14.1. The predicted octanol–water partition coefficient (Wildman–Crippen LogP) is 3.46. The molecule has 0 aliphatic rings. The van der Waals surface area contributed by atoms with E-state index < -0.39 is 0 Å². The largest absolute Gasteiger partial charge is 0.377 e. The van der Waals surface area contributed by atoms with Crippen molar-refractivity contribution in [1.82, 2.24) is 9.78 Å². The molecule has 2 rings (SSSR count). The van der Waals surface area contributed by atoms with Crippen LogP contribution in [0.2, 0.25) is 5.02 Å². The van der Waals surface area contributed by atoms with Gasteiger partial charge in [-0.15, -0.1) is 11.3 Å². The molecule has 0 bridgehead atoms. The topological polar surface area (TPSA) is 46.9 Å². The molecular formula is C13H16ClN3OS. The van der Waals surface area contributed by atoms with Crippen LogP contribution in [0, 0.1) is 6.92 Å². The van der Waals surface area contributed by atoms with Gasteiger partial charge in [-0.2, -0.15) is 5.10 Å². The van der Waals surface area contributed by atoms with Crippen molar-refractivity contribution in [2.75, 3.05) is 5.32 Å². The molecule has 0 unspecified atom stereocenters. The second-order valence-corrected chi connectivity index (χ2v) is 5.97. The molecule has 0 saturated heterocycles. The third-order valence-electron chi connectivity index (χ3n) is 2.84. The van der Waals surface area contributed by atoms with Crippen LogP contribution in [-0.4, -0.2) is 9.78 Å². The summed E-state index contributed by atoms with van der Waals surface area (Å²) in [5.41, 5.74) is 1.55. The Kier molecular flexibility index (Phi) is 4.27. The summed E-state index contributed by atoms with van der Waals surface area (Å²) in [4.78, 5) is 13.2. The SMILES string of the molecule is Cc1ccsc1CNc1cnn(C(C)C)c(=O)c1Cl. The Balaban J connectivity index is 2.20. The van der Waals surface area contributed by atoms with E-state index in [1.807, 2.05) is 19.2 Å². The van der Waals surface area contributed by atoms with Gasteiger partial charge in [0.05, 0.1) is 17.9 Å². The molecule has 2 aromatic rings. The molecule has 0 amide bonds. The average molecular weight is 298 g/mol. The quantitative estimate of drug-likeness (QED) is 0.940. The van der Waals surface area contributed by atoms with Gasteiger partial charge >= 0.3 is 0 Å². The van der Waals surface area contributed by atoms with Crippen LogP contribution in [0.15, 0.2) is 22.4 Å². The minimum absolute atomic E-state index is 0.00131. The Morgan fingerprint density at radius 2 is 2.26 bits per heavy atom. The number of hydrogen-bond donors (Lipinski definition) is 1. The molecule has 0 aliphatic carbocycles. The number of thiophene rings is 1. The van der Waals surface area contributed by atoms with Gasteiger partial charge in [0.15, 0.2) is 0 Å². The number of aromatic nitrogens is 2. The molecular weight excluding hydrogens is 282 g/mol. The van der Waals surface area contributed by atoms with Gasteiger partial charge in [0.2, 0.25) is 0 Å². The second kappa shape index (κ2) is 5.75.